The molecule has 0 aromatic heterocycles. The summed E-state index contributed by atoms with van der Waals surface area (Å²) < 4.78 is 5.47. The van der Waals surface area contributed by atoms with Crippen molar-refractivity contribution in [1.82, 2.24) is 15.1 Å². The Kier molecular flexibility index (Phi) is 8.67. The summed E-state index contributed by atoms with van der Waals surface area (Å²) in [5.41, 5.74) is 0.602. The van der Waals surface area contributed by atoms with Crippen LogP contribution in [0.2, 0.25) is 0 Å². The first-order valence-electron chi connectivity index (χ1n) is 11.3. The highest BCUT2D eigenvalue weighted by molar-refractivity contribution is 6.23. The maximum atomic E-state index is 12.9. The zero-order chi connectivity index (χ0) is 23.8. The van der Waals surface area contributed by atoms with Gasteiger partial charge in [0.25, 0.3) is 11.8 Å². The molecular weight excluding hydrogens is 428 g/mol. The Labute approximate surface area is 192 Å². The molecule has 3 rings (SSSR count). The van der Waals surface area contributed by atoms with Crippen molar-refractivity contribution in [3.8, 4) is 0 Å². The van der Waals surface area contributed by atoms with Gasteiger partial charge in [0.05, 0.1) is 17.7 Å². The fourth-order valence-corrected chi connectivity index (χ4v) is 4.16. The number of imide groups is 2. The van der Waals surface area contributed by atoms with Gasteiger partial charge in [0, 0.05) is 12.2 Å². The Balaban J connectivity index is 1.58. The largest absolute Gasteiger partial charge is 0.370 e. The molecule has 0 spiro atoms. The van der Waals surface area contributed by atoms with E-state index in [4.69, 9.17) is 4.74 Å². The van der Waals surface area contributed by atoms with Crippen LogP contribution >= 0.6 is 0 Å². The smallest absolute Gasteiger partial charge is 0.262 e. The quantitative estimate of drug-likeness (QED) is 0.290. The van der Waals surface area contributed by atoms with E-state index in [1.54, 1.807) is 0 Å². The van der Waals surface area contributed by atoms with Gasteiger partial charge >= 0.3 is 0 Å². The first-order valence-corrected chi connectivity index (χ1v) is 11.3. The summed E-state index contributed by atoms with van der Waals surface area (Å²) in [6.45, 7) is 5.06. The molecular formula is C23H30N4O6. The molecule has 0 aliphatic carbocycles. The molecule has 178 valence electrons. The Hall–Kier alpha value is -3.11. The van der Waals surface area contributed by atoms with E-state index in [-0.39, 0.29) is 36.5 Å². The van der Waals surface area contributed by atoms with E-state index in [1.165, 1.54) is 37.5 Å². The molecule has 1 saturated heterocycles. The molecule has 10 heteroatoms. The minimum absolute atomic E-state index is 0.101. The van der Waals surface area contributed by atoms with Crippen molar-refractivity contribution < 1.29 is 28.7 Å². The fourth-order valence-electron chi connectivity index (χ4n) is 4.16. The Bertz CT molecular complexity index is 912. The van der Waals surface area contributed by atoms with Gasteiger partial charge in [-0.05, 0) is 50.6 Å². The van der Waals surface area contributed by atoms with Crippen molar-refractivity contribution in [3.05, 3.63) is 29.3 Å². The Morgan fingerprint density at radius 2 is 1.85 bits per heavy atom. The number of piperidine rings is 1. The number of ether oxygens (including phenoxy) is 1. The van der Waals surface area contributed by atoms with Crippen LogP contribution in [0.1, 0.15) is 59.7 Å². The van der Waals surface area contributed by atoms with Crippen LogP contribution in [0.3, 0.4) is 0 Å². The number of hydrogen-bond acceptors (Lipinski definition) is 7. The van der Waals surface area contributed by atoms with Crippen LogP contribution < -0.4 is 10.6 Å². The Morgan fingerprint density at radius 1 is 1.12 bits per heavy atom. The van der Waals surface area contributed by atoms with Crippen LogP contribution in [0.15, 0.2) is 18.2 Å². The first kappa shape index (κ1) is 24.5. The molecule has 0 bridgehead atoms. The third-order valence-electron chi connectivity index (χ3n) is 5.81. The standard InChI is InChI=1S/C23H30N4O6/c1-2-6-19(21(30)24-15-28)27-22(31)17-8-7-16(13-18(17)23(27)32)25-20(29)14-33-12-11-26-9-4-3-5-10-26/h7-8,13,15,19H,2-6,9-12,14H2,1H3,(H,25,29)(H,24,28,30). The van der Waals surface area contributed by atoms with E-state index in [0.717, 1.165) is 24.5 Å². The van der Waals surface area contributed by atoms with Crippen molar-refractivity contribution in [2.75, 3.05) is 38.2 Å². The van der Waals surface area contributed by atoms with Gasteiger partial charge in [0.2, 0.25) is 18.2 Å². The van der Waals surface area contributed by atoms with Crippen LogP contribution in [-0.2, 0) is 19.1 Å². The lowest BCUT2D eigenvalue weighted by Gasteiger charge is -2.26. The van der Waals surface area contributed by atoms with Gasteiger partial charge in [-0.1, -0.05) is 19.8 Å². The van der Waals surface area contributed by atoms with Crippen LogP contribution in [0.25, 0.3) is 0 Å². The van der Waals surface area contributed by atoms with Gasteiger partial charge in [0.1, 0.15) is 12.6 Å². The van der Waals surface area contributed by atoms with Crippen molar-refractivity contribution in [1.29, 1.82) is 0 Å². The lowest BCUT2D eigenvalue weighted by atomic mass is 10.1. The molecule has 0 saturated carbocycles. The van der Waals surface area contributed by atoms with Crippen LogP contribution in [0.4, 0.5) is 5.69 Å². The molecule has 2 heterocycles. The molecule has 0 radical (unpaired) electrons. The third-order valence-corrected chi connectivity index (χ3v) is 5.81. The number of hydrogen-bond donors (Lipinski definition) is 2. The van der Waals surface area contributed by atoms with Gasteiger partial charge in [-0.3, -0.25) is 34.2 Å². The maximum Gasteiger partial charge on any atom is 0.262 e. The number of likely N-dealkylation sites (tertiary alicyclic amines) is 1. The second kappa shape index (κ2) is 11.7. The second-order valence-corrected chi connectivity index (χ2v) is 8.17. The number of fused-ring (bicyclic) bond motifs is 1. The molecule has 1 atom stereocenters. The van der Waals surface area contributed by atoms with Crippen molar-refractivity contribution in [2.24, 2.45) is 0 Å². The highest BCUT2D eigenvalue weighted by Crippen LogP contribution is 2.28. The number of anilines is 1. The summed E-state index contributed by atoms with van der Waals surface area (Å²) in [6, 6.07) is 3.31. The lowest BCUT2D eigenvalue weighted by Crippen LogP contribution is -2.49. The van der Waals surface area contributed by atoms with Gasteiger partial charge in [-0.25, -0.2) is 0 Å². The second-order valence-electron chi connectivity index (χ2n) is 8.17. The van der Waals surface area contributed by atoms with E-state index in [9.17, 15) is 24.0 Å². The minimum atomic E-state index is -1.08. The number of carbonyl (C=O) groups excluding carboxylic acids is 5. The summed E-state index contributed by atoms with van der Waals surface area (Å²) in [5, 5.41) is 4.69. The van der Waals surface area contributed by atoms with Gasteiger partial charge in [-0.15, -0.1) is 0 Å². The first-order chi connectivity index (χ1) is 16.0. The van der Waals surface area contributed by atoms with Crippen molar-refractivity contribution >= 4 is 35.7 Å². The van der Waals surface area contributed by atoms with Crippen LogP contribution in [0.5, 0.6) is 0 Å². The fraction of sp³-hybridized carbons (Fsp3) is 0.522. The predicted molar refractivity (Wildman–Crippen MR) is 120 cm³/mol. The summed E-state index contributed by atoms with van der Waals surface area (Å²) in [5.74, 6) is -2.31. The molecule has 1 fully saturated rings. The summed E-state index contributed by atoms with van der Waals surface area (Å²) in [4.78, 5) is 64.1. The lowest BCUT2D eigenvalue weighted by molar-refractivity contribution is -0.128. The number of nitrogens with one attached hydrogen (secondary N) is 2. The number of carbonyl (C=O) groups is 5. The number of benzene rings is 1. The zero-order valence-corrected chi connectivity index (χ0v) is 18.8. The molecule has 2 aliphatic rings. The molecule has 5 amide bonds. The normalized spacial score (nSPS) is 16.9. The monoisotopic (exact) mass is 458 g/mol. The predicted octanol–water partition coefficient (Wildman–Crippen LogP) is 1.16. The zero-order valence-electron chi connectivity index (χ0n) is 18.8. The van der Waals surface area contributed by atoms with Crippen molar-refractivity contribution in [2.45, 2.75) is 45.1 Å². The number of nitrogens with zero attached hydrogens (tertiary/aromatic N) is 2. The molecule has 10 nitrogen and oxygen atoms in total. The molecule has 33 heavy (non-hydrogen) atoms. The summed E-state index contributed by atoms with van der Waals surface area (Å²) in [7, 11) is 0. The summed E-state index contributed by atoms with van der Waals surface area (Å²) in [6.07, 6.45) is 4.63. The van der Waals surface area contributed by atoms with Crippen LogP contribution in [-0.4, -0.2) is 78.7 Å². The third kappa shape index (κ3) is 6.02. The van der Waals surface area contributed by atoms with E-state index in [0.29, 0.717) is 18.7 Å². The Morgan fingerprint density at radius 3 is 2.55 bits per heavy atom. The highest BCUT2D eigenvalue weighted by Gasteiger charge is 2.42. The SMILES string of the molecule is CCCC(C(=O)NC=O)N1C(=O)c2ccc(NC(=O)COCCN3CCCCC3)cc2C1=O. The average Bonchev–Trinajstić information content (AvgIpc) is 3.05. The molecule has 2 aliphatic heterocycles. The van der Waals surface area contributed by atoms with Crippen LogP contribution in [0, 0.1) is 0 Å². The minimum Gasteiger partial charge on any atom is -0.370 e. The molecule has 1 aromatic carbocycles. The van der Waals surface area contributed by atoms with Gasteiger partial charge < -0.3 is 15.0 Å². The topological polar surface area (TPSA) is 125 Å². The van der Waals surface area contributed by atoms with E-state index >= 15 is 0 Å². The number of amides is 5. The van der Waals surface area contributed by atoms with Crippen molar-refractivity contribution in [3.63, 3.8) is 0 Å². The molecule has 2 N–H and O–H groups in total. The average molecular weight is 459 g/mol. The van der Waals surface area contributed by atoms with E-state index < -0.39 is 23.8 Å². The molecule has 1 unspecified atom stereocenters. The van der Waals surface area contributed by atoms with E-state index in [1.807, 2.05) is 12.2 Å². The summed E-state index contributed by atoms with van der Waals surface area (Å²) >= 11 is 0. The van der Waals surface area contributed by atoms with Gasteiger partial charge in [-0.2, -0.15) is 0 Å². The van der Waals surface area contributed by atoms with E-state index in [2.05, 4.69) is 10.2 Å². The number of rotatable bonds is 11. The highest BCUT2D eigenvalue weighted by atomic mass is 16.5. The maximum absolute atomic E-state index is 12.9. The van der Waals surface area contributed by atoms with Gasteiger partial charge in [0.15, 0.2) is 0 Å². The molecule has 1 aromatic rings.